The molecule has 0 radical (unpaired) electrons. The van der Waals surface area contributed by atoms with Crippen molar-refractivity contribution in [2.24, 2.45) is 0 Å². The first-order valence-electron chi connectivity index (χ1n) is 6.85. The molecule has 0 aliphatic heterocycles. The van der Waals surface area contributed by atoms with E-state index in [9.17, 15) is 9.90 Å². The van der Waals surface area contributed by atoms with Gasteiger partial charge in [-0.15, -0.1) is 0 Å². The van der Waals surface area contributed by atoms with Crippen LogP contribution in [0.2, 0.25) is 0 Å². The maximum Gasteiger partial charge on any atom is 0.336 e. The van der Waals surface area contributed by atoms with Gasteiger partial charge in [-0.3, -0.25) is 0 Å². The Kier molecular flexibility index (Phi) is 4.14. The number of rotatable bonds is 5. The van der Waals surface area contributed by atoms with Crippen LogP contribution in [0.5, 0.6) is 0 Å². The second-order valence-corrected chi connectivity index (χ2v) is 5.94. The number of carboxylic acids is 1. The summed E-state index contributed by atoms with van der Waals surface area (Å²) in [6.07, 6.45) is 0. The van der Waals surface area contributed by atoms with Crippen molar-refractivity contribution in [3.63, 3.8) is 0 Å². The number of nitrogens with zero attached hydrogens (tertiary/aromatic N) is 2. The maximum atomic E-state index is 11.4. The van der Waals surface area contributed by atoms with E-state index in [0.717, 1.165) is 0 Å². The molecule has 1 aromatic carbocycles. The maximum absolute atomic E-state index is 11.4. The first kappa shape index (κ1) is 15.3. The summed E-state index contributed by atoms with van der Waals surface area (Å²) in [5.41, 5.74) is 0.893. The molecule has 0 fully saturated rings. The number of aromatic nitrogens is 1. The quantitative estimate of drug-likeness (QED) is 0.885. The van der Waals surface area contributed by atoms with Crippen LogP contribution in [0.3, 0.4) is 0 Å². The SMILES string of the molecule is CN(C)C(C)(C)CNc1cc(C(=O)O)c2ccccc2n1. The summed E-state index contributed by atoms with van der Waals surface area (Å²) in [7, 11) is 4.02. The topological polar surface area (TPSA) is 65.5 Å². The van der Waals surface area contributed by atoms with E-state index in [1.807, 2.05) is 32.3 Å². The molecule has 0 amide bonds. The Bertz CT molecular complexity index is 666. The molecule has 0 bridgehead atoms. The summed E-state index contributed by atoms with van der Waals surface area (Å²) < 4.78 is 0. The van der Waals surface area contributed by atoms with Gasteiger partial charge in [0.2, 0.25) is 0 Å². The van der Waals surface area contributed by atoms with Gasteiger partial charge >= 0.3 is 5.97 Å². The third kappa shape index (κ3) is 3.31. The van der Waals surface area contributed by atoms with E-state index < -0.39 is 5.97 Å². The van der Waals surface area contributed by atoms with E-state index in [1.165, 1.54) is 0 Å². The first-order chi connectivity index (χ1) is 9.81. The molecule has 21 heavy (non-hydrogen) atoms. The van der Waals surface area contributed by atoms with E-state index >= 15 is 0 Å². The van der Waals surface area contributed by atoms with Crippen molar-refractivity contribution in [1.82, 2.24) is 9.88 Å². The molecule has 1 heterocycles. The molecule has 112 valence electrons. The zero-order valence-corrected chi connectivity index (χ0v) is 12.8. The molecular formula is C16H21N3O2. The lowest BCUT2D eigenvalue weighted by atomic mass is 10.0. The van der Waals surface area contributed by atoms with Gasteiger partial charge in [-0.25, -0.2) is 9.78 Å². The van der Waals surface area contributed by atoms with Crippen molar-refractivity contribution in [3.8, 4) is 0 Å². The molecule has 1 aromatic heterocycles. The molecule has 0 saturated heterocycles. The largest absolute Gasteiger partial charge is 0.478 e. The summed E-state index contributed by atoms with van der Waals surface area (Å²) in [5, 5.41) is 13.3. The molecule has 2 N–H and O–H groups in total. The fourth-order valence-corrected chi connectivity index (χ4v) is 1.91. The van der Waals surface area contributed by atoms with Crippen LogP contribution in [0, 0.1) is 0 Å². The Morgan fingerprint density at radius 1 is 1.33 bits per heavy atom. The Morgan fingerprint density at radius 3 is 2.62 bits per heavy atom. The summed E-state index contributed by atoms with van der Waals surface area (Å²) in [5.74, 6) is -0.357. The summed E-state index contributed by atoms with van der Waals surface area (Å²) in [4.78, 5) is 18.0. The minimum Gasteiger partial charge on any atom is -0.478 e. The second kappa shape index (κ2) is 5.69. The predicted octanol–water partition coefficient (Wildman–Crippen LogP) is 2.69. The standard InChI is InChI=1S/C16H21N3O2/c1-16(2,19(3)4)10-17-14-9-12(15(20)21)11-7-5-6-8-13(11)18-14/h5-9H,10H2,1-4H3,(H,17,18)(H,20,21). The fraction of sp³-hybridized carbons (Fsp3) is 0.375. The zero-order chi connectivity index (χ0) is 15.6. The van der Waals surface area contributed by atoms with Gasteiger partial charge in [-0.05, 0) is 40.1 Å². The lowest BCUT2D eigenvalue weighted by molar-refractivity contribution is 0.0699. The fourth-order valence-electron chi connectivity index (χ4n) is 1.91. The van der Waals surface area contributed by atoms with Crippen LogP contribution < -0.4 is 5.32 Å². The van der Waals surface area contributed by atoms with Gasteiger partial charge in [-0.1, -0.05) is 18.2 Å². The van der Waals surface area contributed by atoms with Crippen LogP contribution in [0.15, 0.2) is 30.3 Å². The van der Waals surface area contributed by atoms with Crippen molar-refractivity contribution >= 4 is 22.7 Å². The predicted molar refractivity (Wildman–Crippen MR) is 85.0 cm³/mol. The van der Waals surface area contributed by atoms with Crippen LogP contribution in [0.25, 0.3) is 10.9 Å². The number of nitrogens with one attached hydrogen (secondary N) is 1. The van der Waals surface area contributed by atoms with Crippen molar-refractivity contribution in [1.29, 1.82) is 0 Å². The number of benzene rings is 1. The molecule has 0 aliphatic carbocycles. The number of para-hydroxylation sites is 1. The van der Waals surface area contributed by atoms with E-state index in [4.69, 9.17) is 0 Å². The van der Waals surface area contributed by atoms with Gasteiger partial charge in [0.05, 0.1) is 11.1 Å². The van der Waals surface area contributed by atoms with E-state index in [2.05, 4.69) is 29.0 Å². The highest BCUT2D eigenvalue weighted by atomic mass is 16.4. The smallest absolute Gasteiger partial charge is 0.336 e. The number of aromatic carboxylic acids is 1. The molecule has 2 rings (SSSR count). The summed E-state index contributed by atoms with van der Waals surface area (Å²) in [6.45, 7) is 4.89. The minimum absolute atomic E-state index is 0.0588. The molecule has 5 nitrogen and oxygen atoms in total. The van der Waals surface area contributed by atoms with Crippen molar-refractivity contribution in [2.45, 2.75) is 19.4 Å². The number of pyridine rings is 1. The number of anilines is 1. The van der Waals surface area contributed by atoms with Crippen LogP contribution >= 0.6 is 0 Å². The number of fused-ring (bicyclic) bond motifs is 1. The summed E-state index contributed by atoms with van der Waals surface area (Å²) >= 11 is 0. The van der Waals surface area contributed by atoms with Crippen molar-refractivity contribution < 1.29 is 9.90 Å². The number of hydrogen-bond donors (Lipinski definition) is 2. The number of carbonyl (C=O) groups is 1. The highest BCUT2D eigenvalue weighted by Gasteiger charge is 2.20. The first-order valence-corrected chi connectivity index (χ1v) is 6.85. The Balaban J connectivity index is 2.35. The number of hydrogen-bond acceptors (Lipinski definition) is 4. The van der Waals surface area contributed by atoms with Crippen molar-refractivity contribution in [2.75, 3.05) is 26.0 Å². The summed E-state index contributed by atoms with van der Waals surface area (Å²) in [6, 6.07) is 8.87. The van der Waals surface area contributed by atoms with Gasteiger partial charge in [0.1, 0.15) is 5.82 Å². The van der Waals surface area contributed by atoms with Gasteiger partial charge in [0.25, 0.3) is 0 Å². The molecule has 0 aliphatic rings. The minimum atomic E-state index is -0.941. The second-order valence-electron chi connectivity index (χ2n) is 5.94. The van der Waals surface area contributed by atoms with Crippen LogP contribution in [0.1, 0.15) is 24.2 Å². The Hall–Kier alpha value is -2.14. The Labute approximate surface area is 124 Å². The van der Waals surface area contributed by atoms with Crippen LogP contribution in [0.4, 0.5) is 5.82 Å². The lowest BCUT2D eigenvalue weighted by Crippen LogP contribution is -2.44. The van der Waals surface area contributed by atoms with Crippen molar-refractivity contribution in [3.05, 3.63) is 35.9 Å². The third-order valence-electron chi connectivity index (χ3n) is 3.86. The van der Waals surface area contributed by atoms with Gasteiger partial charge in [0.15, 0.2) is 0 Å². The highest BCUT2D eigenvalue weighted by molar-refractivity contribution is 6.03. The monoisotopic (exact) mass is 287 g/mol. The van der Waals surface area contributed by atoms with E-state index in [-0.39, 0.29) is 11.1 Å². The van der Waals surface area contributed by atoms with Gasteiger partial charge < -0.3 is 15.3 Å². The molecule has 0 saturated carbocycles. The van der Waals surface area contributed by atoms with Crippen LogP contribution in [-0.2, 0) is 0 Å². The molecule has 5 heteroatoms. The average Bonchev–Trinajstić information content (AvgIpc) is 2.44. The molecular weight excluding hydrogens is 266 g/mol. The Morgan fingerprint density at radius 2 is 2.00 bits per heavy atom. The molecule has 0 atom stereocenters. The molecule has 0 unspecified atom stereocenters. The lowest BCUT2D eigenvalue weighted by Gasteiger charge is -2.32. The zero-order valence-electron chi connectivity index (χ0n) is 12.8. The molecule has 2 aromatic rings. The average molecular weight is 287 g/mol. The highest BCUT2D eigenvalue weighted by Crippen LogP contribution is 2.21. The molecule has 0 spiro atoms. The van der Waals surface area contributed by atoms with E-state index in [0.29, 0.717) is 23.3 Å². The normalized spacial score (nSPS) is 11.9. The third-order valence-corrected chi connectivity index (χ3v) is 3.86. The number of carboxylic acid groups (broad SMARTS) is 1. The number of likely N-dealkylation sites (N-methyl/N-ethyl adjacent to an activating group) is 1. The van der Waals surface area contributed by atoms with Gasteiger partial charge in [0, 0.05) is 17.5 Å². The van der Waals surface area contributed by atoms with Crippen LogP contribution in [-0.4, -0.2) is 47.1 Å². The van der Waals surface area contributed by atoms with Gasteiger partial charge in [-0.2, -0.15) is 0 Å². The van der Waals surface area contributed by atoms with E-state index in [1.54, 1.807) is 12.1 Å².